The first-order chi connectivity index (χ1) is 8.74. The van der Waals surface area contributed by atoms with E-state index in [1.807, 2.05) is 42.0 Å². The zero-order valence-electron chi connectivity index (χ0n) is 10.7. The molecule has 2 rings (SSSR count). The van der Waals surface area contributed by atoms with Crippen molar-refractivity contribution in [3.8, 4) is 5.75 Å². The summed E-state index contributed by atoms with van der Waals surface area (Å²) >= 11 is 0. The predicted octanol–water partition coefficient (Wildman–Crippen LogP) is 2.60. The molecule has 0 aliphatic heterocycles. The number of aromatic nitrogens is 1. The Labute approximate surface area is 106 Å². The van der Waals surface area contributed by atoms with E-state index in [4.69, 9.17) is 9.47 Å². The lowest BCUT2D eigenvalue weighted by molar-refractivity contribution is -0.144. The number of nitrogens with zero attached hydrogens (tertiary/aromatic N) is 1. The van der Waals surface area contributed by atoms with Gasteiger partial charge in [-0.2, -0.15) is 0 Å². The molecule has 0 saturated carbocycles. The van der Waals surface area contributed by atoms with Gasteiger partial charge in [-0.15, -0.1) is 0 Å². The molecule has 0 spiro atoms. The second kappa shape index (κ2) is 5.58. The number of ether oxygens (including phenoxy) is 2. The summed E-state index contributed by atoms with van der Waals surface area (Å²) in [6.07, 6.45) is 2.73. The highest BCUT2D eigenvalue weighted by Gasteiger charge is 2.07. The Kier molecular flexibility index (Phi) is 3.87. The van der Waals surface area contributed by atoms with Gasteiger partial charge >= 0.3 is 5.97 Å². The predicted molar refractivity (Wildman–Crippen MR) is 69.7 cm³/mol. The van der Waals surface area contributed by atoms with Gasteiger partial charge in [-0.25, -0.2) is 0 Å². The highest BCUT2D eigenvalue weighted by atomic mass is 16.5. The second-order valence-corrected chi connectivity index (χ2v) is 4.09. The minimum atomic E-state index is -0.204. The number of benzene rings is 1. The molecule has 0 amide bonds. The Balaban J connectivity index is 2.16. The minimum Gasteiger partial charge on any atom is -0.497 e. The number of methoxy groups -OCH3 is 1. The number of carbonyl (C=O) groups is 1. The molecule has 1 heterocycles. The highest BCUT2D eigenvalue weighted by Crippen LogP contribution is 2.21. The van der Waals surface area contributed by atoms with Crippen LogP contribution < -0.4 is 4.74 Å². The molecule has 2 aromatic rings. The molecule has 0 aliphatic rings. The Bertz CT molecular complexity index is 545. The van der Waals surface area contributed by atoms with Crippen LogP contribution in [0.4, 0.5) is 0 Å². The van der Waals surface area contributed by atoms with Gasteiger partial charge in [0.05, 0.1) is 13.7 Å². The van der Waals surface area contributed by atoms with Crippen LogP contribution in [-0.4, -0.2) is 24.3 Å². The van der Waals surface area contributed by atoms with Crippen molar-refractivity contribution >= 4 is 16.9 Å². The maximum absolute atomic E-state index is 11.6. The van der Waals surface area contributed by atoms with E-state index in [9.17, 15) is 4.79 Å². The molecule has 4 nitrogen and oxygen atoms in total. The average Bonchev–Trinajstić information content (AvgIpc) is 2.78. The fraction of sp³-hybridized carbons (Fsp3) is 0.357. The number of carbonyl (C=O) groups excluding carboxylic acids is 1. The lowest BCUT2D eigenvalue weighted by Crippen LogP contribution is -2.13. The lowest BCUT2D eigenvalue weighted by atomic mass is 10.2. The largest absolute Gasteiger partial charge is 0.497 e. The third-order valence-electron chi connectivity index (χ3n) is 2.74. The summed E-state index contributed by atoms with van der Waals surface area (Å²) in [5, 5.41) is 1.05. The van der Waals surface area contributed by atoms with Gasteiger partial charge in [0.25, 0.3) is 0 Å². The van der Waals surface area contributed by atoms with Gasteiger partial charge in [-0.3, -0.25) is 4.79 Å². The van der Waals surface area contributed by atoms with E-state index in [0.29, 0.717) is 6.61 Å². The zero-order chi connectivity index (χ0) is 13.0. The molecular weight excluding hydrogens is 230 g/mol. The summed E-state index contributed by atoms with van der Waals surface area (Å²) in [4.78, 5) is 11.6. The van der Waals surface area contributed by atoms with Crippen molar-refractivity contribution in [2.75, 3.05) is 13.7 Å². The number of hydrogen-bond acceptors (Lipinski definition) is 3. The Morgan fingerprint density at radius 3 is 2.89 bits per heavy atom. The molecule has 96 valence electrons. The smallest absolute Gasteiger partial charge is 0.325 e. The first-order valence-electron chi connectivity index (χ1n) is 6.03. The van der Waals surface area contributed by atoms with E-state index < -0.39 is 0 Å². The van der Waals surface area contributed by atoms with Gasteiger partial charge < -0.3 is 14.0 Å². The third-order valence-corrected chi connectivity index (χ3v) is 2.74. The van der Waals surface area contributed by atoms with E-state index in [1.54, 1.807) is 7.11 Å². The van der Waals surface area contributed by atoms with Gasteiger partial charge in [0, 0.05) is 17.1 Å². The van der Waals surface area contributed by atoms with Gasteiger partial charge in [-0.05, 0) is 30.7 Å². The first-order valence-corrected chi connectivity index (χ1v) is 6.03. The van der Waals surface area contributed by atoms with Crippen LogP contribution in [0.1, 0.15) is 13.3 Å². The Hall–Kier alpha value is -1.97. The molecule has 0 saturated heterocycles. The van der Waals surface area contributed by atoms with Crippen LogP contribution in [0.3, 0.4) is 0 Å². The van der Waals surface area contributed by atoms with Crippen LogP contribution in [0.2, 0.25) is 0 Å². The molecule has 0 bridgehead atoms. The molecule has 0 atom stereocenters. The van der Waals surface area contributed by atoms with Gasteiger partial charge in [-0.1, -0.05) is 6.92 Å². The highest BCUT2D eigenvalue weighted by molar-refractivity contribution is 5.83. The number of fused-ring (bicyclic) bond motifs is 1. The van der Waals surface area contributed by atoms with E-state index in [0.717, 1.165) is 23.1 Å². The van der Waals surface area contributed by atoms with Crippen molar-refractivity contribution in [1.29, 1.82) is 0 Å². The van der Waals surface area contributed by atoms with E-state index in [-0.39, 0.29) is 12.5 Å². The molecular formula is C14H17NO3. The summed E-state index contributed by atoms with van der Waals surface area (Å²) in [5.74, 6) is 0.610. The van der Waals surface area contributed by atoms with Crippen molar-refractivity contribution in [3.63, 3.8) is 0 Å². The second-order valence-electron chi connectivity index (χ2n) is 4.09. The average molecular weight is 247 g/mol. The fourth-order valence-electron chi connectivity index (χ4n) is 1.84. The normalized spacial score (nSPS) is 10.6. The minimum absolute atomic E-state index is 0.204. The van der Waals surface area contributed by atoms with Gasteiger partial charge in [0.1, 0.15) is 12.3 Å². The molecule has 0 fully saturated rings. The SMILES string of the molecule is CCCOC(=O)Cn1ccc2cc(OC)ccc21. The summed E-state index contributed by atoms with van der Waals surface area (Å²) in [6.45, 7) is 2.70. The van der Waals surface area contributed by atoms with E-state index >= 15 is 0 Å². The summed E-state index contributed by atoms with van der Waals surface area (Å²) in [7, 11) is 1.64. The summed E-state index contributed by atoms with van der Waals surface area (Å²) in [5.41, 5.74) is 1.00. The molecule has 4 heteroatoms. The lowest BCUT2D eigenvalue weighted by Gasteiger charge is -2.06. The molecule has 18 heavy (non-hydrogen) atoms. The van der Waals surface area contributed by atoms with Crippen molar-refractivity contribution in [1.82, 2.24) is 4.57 Å². The fourth-order valence-corrected chi connectivity index (χ4v) is 1.84. The zero-order valence-corrected chi connectivity index (χ0v) is 10.7. The maximum Gasteiger partial charge on any atom is 0.325 e. The number of rotatable bonds is 5. The van der Waals surface area contributed by atoms with Crippen molar-refractivity contribution in [2.45, 2.75) is 19.9 Å². The number of hydrogen-bond donors (Lipinski definition) is 0. The topological polar surface area (TPSA) is 40.5 Å². The van der Waals surface area contributed by atoms with E-state index in [1.165, 1.54) is 0 Å². The van der Waals surface area contributed by atoms with Crippen LogP contribution in [-0.2, 0) is 16.1 Å². The third kappa shape index (κ3) is 2.64. The first kappa shape index (κ1) is 12.5. The van der Waals surface area contributed by atoms with Crippen LogP contribution >= 0.6 is 0 Å². The van der Waals surface area contributed by atoms with Crippen LogP contribution in [0.15, 0.2) is 30.5 Å². The number of esters is 1. The quantitative estimate of drug-likeness (QED) is 0.762. The van der Waals surface area contributed by atoms with Crippen LogP contribution in [0.5, 0.6) is 5.75 Å². The van der Waals surface area contributed by atoms with Crippen LogP contribution in [0.25, 0.3) is 10.9 Å². The molecule has 0 unspecified atom stereocenters. The molecule has 0 radical (unpaired) electrons. The van der Waals surface area contributed by atoms with Crippen molar-refractivity contribution in [3.05, 3.63) is 30.5 Å². The Morgan fingerprint density at radius 1 is 1.33 bits per heavy atom. The van der Waals surface area contributed by atoms with Gasteiger partial charge in [0.15, 0.2) is 0 Å². The van der Waals surface area contributed by atoms with Crippen molar-refractivity contribution in [2.24, 2.45) is 0 Å². The molecule has 0 N–H and O–H groups in total. The van der Waals surface area contributed by atoms with Crippen LogP contribution in [0, 0.1) is 0 Å². The molecule has 1 aromatic carbocycles. The van der Waals surface area contributed by atoms with E-state index in [2.05, 4.69) is 0 Å². The Morgan fingerprint density at radius 2 is 2.17 bits per heavy atom. The standard InChI is InChI=1S/C14H17NO3/c1-3-8-18-14(16)10-15-7-6-11-9-12(17-2)4-5-13(11)15/h4-7,9H,3,8,10H2,1-2H3. The summed E-state index contributed by atoms with van der Waals surface area (Å²) in [6, 6.07) is 7.74. The van der Waals surface area contributed by atoms with Gasteiger partial charge in [0.2, 0.25) is 0 Å². The monoisotopic (exact) mass is 247 g/mol. The summed E-state index contributed by atoms with van der Waals surface area (Å²) < 4.78 is 12.1. The molecule has 1 aromatic heterocycles. The molecule has 0 aliphatic carbocycles. The van der Waals surface area contributed by atoms with Crippen molar-refractivity contribution < 1.29 is 14.3 Å². The maximum atomic E-state index is 11.6.